The largest absolute Gasteiger partial charge is 0.326 e. The van der Waals surface area contributed by atoms with E-state index in [0.29, 0.717) is 16.4 Å². The van der Waals surface area contributed by atoms with E-state index < -0.39 is 0 Å². The average molecular weight is 343 g/mol. The highest BCUT2D eigenvalue weighted by Gasteiger charge is 2.06. The van der Waals surface area contributed by atoms with Gasteiger partial charge < -0.3 is 10.6 Å². The predicted octanol–water partition coefficient (Wildman–Crippen LogP) is 4.59. The van der Waals surface area contributed by atoms with Gasteiger partial charge >= 0.3 is 0 Å². The summed E-state index contributed by atoms with van der Waals surface area (Å²) in [6.45, 7) is 3.66. The van der Waals surface area contributed by atoms with E-state index in [9.17, 15) is 9.59 Å². The molecule has 0 aliphatic heterocycles. The highest BCUT2D eigenvalue weighted by molar-refractivity contribution is 6.30. The lowest BCUT2D eigenvalue weighted by molar-refractivity contribution is -0.119. The van der Waals surface area contributed by atoms with Gasteiger partial charge in [0.2, 0.25) is 11.8 Å². The smallest absolute Gasteiger partial charge is 0.248 e. The van der Waals surface area contributed by atoms with Crippen LogP contribution in [0.3, 0.4) is 0 Å². The molecule has 5 heteroatoms. The highest BCUT2D eigenvalue weighted by Crippen LogP contribution is 2.15. The quantitative estimate of drug-likeness (QED) is 0.781. The lowest BCUT2D eigenvalue weighted by Gasteiger charge is -2.08. The minimum atomic E-state index is -0.232. The molecule has 0 heterocycles. The molecule has 2 amide bonds. The van der Waals surface area contributed by atoms with Gasteiger partial charge in [0.25, 0.3) is 0 Å². The molecular formula is C19H19ClN2O2. The van der Waals surface area contributed by atoms with Gasteiger partial charge in [-0.05, 0) is 48.0 Å². The van der Waals surface area contributed by atoms with Crippen LogP contribution in [0.1, 0.15) is 19.4 Å². The lowest BCUT2D eigenvalue weighted by atomic mass is 10.2. The average Bonchev–Trinajstić information content (AvgIpc) is 2.56. The van der Waals surface area contributed by atoms with Gasteiger partial charge in [-0.1, -0.05) is 37.6 Å². The minimum absolute atomic E-state index is 0.0438. The van der Waals surface area contributed by atoms with Crippen LogP contribution < -0.4 is 10.6 Å². The van der Waals surface area contributed by atoms with Gasteiger partial charge in [0.15, 0.2) is 0 Å². The number of hydrogen-bond donors (Lipinski definition) is 2. The van der Waals surface area contributed by atoms with E-state index in [1.54, 1.807) is 42.5 Å². The zero-order chi connectivity index (χ0) is 17.5. The third-order valence-electron chi connectivity index (χ3n) is 3.24. The molecule has 0 spiro atoms. The number of rotatable bonds is 5. The number of benzene rings is 2. The van der Waals surface area contributed by atoms with Gasteiger partial charge in [0.05, 0.1) is 0 Å². The summed E-state index contributed by atoms with van der Waals surface area (Å²) in [6, 6.07) is 14.2. The molecule has 2 aromatic rings. The van der Waals surface area contributed by atoms with Gasteiger partial charge in [-0.3, -0.25) is 9.59 Å². The molecule has 0 radical (unpaired) electrons. The van der Waals surface area contributed by atoms with E-state index >= 15 is 0 Å². The molecule has 0 saturated carbocycles. The summed E-state index contributed by atoms with van der Waals surface area (Å²) in [5, 5.41) is 6.21. The third-order valence-corrected chi connectivity index (χ3v) is 3.49. The van der Waals surface area contributed by atoms with E-state index in [1.165, 1.54) is 6.08 Å². The molecule has 2 N–H and O–H groups in total. The molecule has 0 aliphatic carbocycles. The molecule has 0 atom stereocenters. The van der Waals surface area contributed by atoms with Crippen molar-refractivity contribution in [1.82, 2.24) is 0 Å². The number of hydrogen-bond acceptors (Lipinski definition) is 2. The molecule has 0 aromatic heterocycles. The van der Waals surface area contributed by atoms with Crippen LogP contribution in [0.25, 0.3) is 6.08 Å². The first-order valence-electron chi connectivity index (χ1n) is 7.59. The van der Waals surface area contributed by atoms with Gasteiger partial charge in [-0.25, -0.2) is 0 Å². The Morgan fingerprint density at radius 1 is 0.917 bits per heavy atom. The van der Waals surface area contributed by atoms with E-state index in [0.717, 1.165) is 5.56 Å². The van der Waals surface area contributed by atoms with Crippen LogP contribution in [0, 0.1) is 5.92 Å². The van der Waals surface area contributed by atoms with E-state index in [2.05, 4.69) is 10.6 Å². The van der Waals surface area contributed by atoms with Crippen molar-refractivity contribution in [2.24, 2.45) is 5.92 Å². The number of nitrogens with one attached hydrogen (secondary N) is 2. The molecule has 0 aliphatic rings. The van der Waals surface area contributed by atoms with Crippen LogP contribution in [0.2, 0.25) is 5.02 Å². The standard InChI is InChI=1S/C19H19ClN2O2/c1-13(2)19(24)22-17-10-8-16(9-11-17)21-18(23)12-5-14-3-6-15(20)7-4-14/h3-13H,1-2H3,(H,21,23)(H,22,24). The monoisotopic (exact) mass is 342 g/mol. The Labute approximate surface area is 146 Å². The predicted molar refractivity (Wildman–Crippen MR) is 99.0 cm³/mol. The molecule has 4 nitrogen and oxygen atoms in total. The zero-order valence-electron chi connectivity index (χ0n) is 13.5. The lowest BCUT2D eigenvalue weighted by Crippen LogP contribution is -2.17. The fraction of sp³-hybridized carbons (Fsp3) is 0.158. The molecule has 0 bridgehead atoms. The Morgan fingerprint density at radius 2 is 1.46 bits per heavy atom. The van der Waals surface area contributed by atoms with Crippen LogP contribution in [0.4, 0.5) is 11.4 Å². The molecule has 2 rings (SSSR count). The Kier molecular flexibility index (Phi) is 6.15. The first kappa shape index (κ1) is 17.8. The highest BCUT2D eigenvalue weighted by atomic mass is 35.5. The normalized spacial score (nSPS) is 10.8. The van der Waals surface area contributed by atoms with E-state index in [4.69, 9.17) is 11.6 Å². The van der Waals surface area contributed by atoms with Crippen LogP contribution in [0.15, 0.2) is 54.6 Å². The van der Waals surface area contributed by atoms with E-state index in [-0.39, 0.29) is 17.7 Å². The van der Waals surface area contributed by atoms with Crippen LogP contribution in [0.5, 0.6) is 0 Å². The summed E-state index contributed by atoms with van der Waals surface area (Å²) in [5.41, 5.74) is 2.24. The summed E-state index contributed by atoms with van der Waals surface area (Å²) < 4.78 is 0. The first-order chi connectivity index (χ1) is 11.4. The Hall–Kier alpha value is -2.59. The molecule has 2 aromatic carbocycles. The van der Waals surface area contributed by atoms with Crippen molar-refractivity contribution in [2.75, 3.05) is 10.6 Å². The van der Waals surface area contributed by atoms with E-state index in [1.807, 2.05) is 26.0 Å². The van der Waals surface area contributed by atoms with Crippen LogP contribution >= 0.6 is 11.6 Å². The molecule has 124 valence electrons. The van der Waals surface area contributed by atoms with Gasteiger partial charge in [-0.15, -0.1) is 0 Å². The fourth-order valence-corrected chi connectivity index (χ4v) is 1.98. The van der Waals surface area contributed by atoms with Gasteiger partial charge in [-0.2, -0.15) is 0 Å². The van der Waals surface area contributed by atoms with Crippen molar-refractivity contribution in [1.29, 1.82) is 0 Å². The van der Waals surface area contributed by atoms with Crippen LogP contribution in [-0.4, -0.2) is 11.8 Å². The Bertz CT molecular complexity index is 735. The minimum Gasteiger partial charge on any atom is -0.326 e. The maximum Gasteiger partial charge on any atom is 0.248 e. The summed E-state index contributed by atoms with van der Waals surface area (Å²) >= 11 is 5.81. The van der Waals surface area contributed by atoms with Crippen molar-refractivity contribution in [3.05, 3.63) is 65.2 Å². The van der Waals surface area contributed by atoms with Gasteiger partial charge in [0.1, 0.15) is 0 Å². The molecule has 0 fully saturated rings. The number of halogens is 1. The summed E-state index contributed by atoms with van der Waals surface area (Å²) in [4.78, 5) is 23.5. The third kappa shape index (κ3) is 5.56. The number of carbonyl (C=O) groups excluding carboxylic acids is 2. The molecule has 24 heavy (non-hydrogen) atoms. The molecule has 0 unspecified atom stereocenters. The van der Waals surface area contributed by atoms with Gasteiger partial charge in [0, 0.05) is 28.4 Å². The summed E-state index contributed by atoms with van der Waals surface area (Å²) in [7, 11) is 0. The zero-order valence-corrected chi connectivity index (χ0v) is 14.3. The summed E-state index contributed by atoms with van der Waals surface area (Å²) in [5.74, 6) is -0.357. The fourth-order valence-electron chi connectivity index (χ4n) is 1.85. The molecule has 0 saturated heterocycles. The second-order valence-electron chi connectivity index (χ2n) is 5.60. The number of anilines is 2. The second-order valence-corrected chi connectivity index (χ2v) is 6.03. The summed E-state index contributed by atoms with van der Waals surface area (Å²) in [6.07, 6.45) is 3.17. The number of amides is 2. The van der Waals surface area contributed by atoms with Crippen LogP contribution in [-0.2, 0) is 9.59 Å². The number of carbonyl (C=O) groups is 2. The van der Waals surface area contributed by atoms with Crippen molar-refractivity contribution in [3.63, 3.8) is 0 Å². The van der Waals surface area contributed by atoms with Crippen molar-refractivity contribution >= 4 is 40.9 Å². The second kappa shape index (κ2) is 8.31. The Balaban J connectivity index is 1.92. The SMILES string of the molecule is CC(C)C(=O)Nc1ccc(NC(=O)C=Cc2ccc(Cl)cc2)cc1. The van der Waals surface area contributed by atoms with Crippen molar-refractivity contribution in [2.45, 2.75) is 13.8 Å². The molecular weight excluding hydrogens is 324 g/mol. The maximum atomic E-state index is 11.9. The Morgan fingerprint density at radius 3 is 2.00 bits per heavy atom. The van der Waals surface area contributed by atoms with Crippen molar-refractivity contribution < 1.29 is 9.59 Å². The van der Waals surface area contributed by atoms with Crippen molar-refractivity contribution in [3.8, 4) is 0 Å². The maximum absolute atomic E-state index is 11.9. The topological polar surface area (TPSA) is 58.2 Å². The first-order valence-corrected chi connectivity index (χ1v) is 7.97.